The standard InChI is InChI=1S/C32H40O/c1-26(27-17-11-8-12-18-27)32-23-16-22-30(32)25-29(31(32)28-19-13-9-14-20-28)21-10-6-4-2-3-5-7-15-24-33/h8-9,11-14,17-20,24,30H,1-7,10,15-16,21-23,25H2. The zero-order valence-corrected chi connectivity index (χ0v) is 20.2. The molecular weight excluding hydrogens is 400 g/mol. The highest BCUT2D eigenvalue weighted by molar-refractivity contribution is 5.90. The second kappa shape index (κ2) is 11.6. The summed E-state index contributed by atoms with van der Waals surface area (Å²) in [5, 5.41) is 0. The second-order valence-corrected chi connectivity index (χ2v) is 10.1. The number of benzene rings is 2. The number of unbranched alkanes of at least 4 members (excludes halogenated alkanes) is 7. The van der Waals surface area contributed by atoms with Crippen molar-refractivity contribution < 1.29 is 4.79 Å². The number of fused-ring (bicyclic) bond motifs is 1. The first-order valence-corrected chi connectivity index (χ1v) is 13.2. The van der Waals surface area contributed by atoms with Crippen LogP contribution in [0, 0.1) is 11.3 Å². The van der Waals surface area contributed by atoms with Gasteiger partial charge in [-0.3, -0.25) is 0 Å². The number of allylic oxidation sites excluding steroid dienone is 3. The highest BCUT2D eigenvalue weighted by Gasteiger charge is 2.52. The van der Waals surface area contributed by atoms with E-state index in [1.54, 1.807) is 11.1 Å². The average molecular weight is 441 g/mol. The Balaban J connectivity index is 1.50. The van der Waals surface area contributed by atoms with Crippen LogP contribution >= 0.6 is 0 Å². The Labute approximate surface area is 201 Å². The maximum absolute atomic E-state index is 10.4. The fourth-order valence-electron chi connectivity index (χ4n) is 6.59. The van der Waals surface area contributed by atoms with Crippen LogP contribution < -0.4 is 0 Å². The van der Waals surface area contributed by atoms with E-state index in [0.717, 1.165) is 19.1 Å². The van der Waals surface area contributed by atoms with Gasteiger partial charge in [-0.2, -0.15) is 0 Å². The van der Waals surface area contributed by atoms with Crippen molar-refractivity contribution in [3.8, 4) is 0 Å². The van der Waals surface area contributed by atoms with Crippen molar-refractivity contribution >= 4 is 17.4 Å². The first-order valence-electron chi connectivity index (χ1n) is 13.2. The minimum Gasteiger partial charge on any atom is -0.303 e. The van der Waals surface area contributed by atoms with E-state index in [1.165, 1.54) is 87.3 Å². The van der Waals surface area contributed by atoms with Crippen molar-refractivity contribution in [1.29, 1.82) is 0 Å². The molecule has 0 amide bonds. The maximum atomic E-state index is 10.4. The first kappa shape index (κ1) is 23.7. The number of aldehydes is 1. The molecule has 0 heterocycles. The second-order valence-electron chi connectivity index (χ2n) is 10.1. The lowest BCUT2D eigenvalue weighted by molar-refractivity contribution is -0.107. The Hall–Kier alpha value is -2.41. The molecule has 1 saturated carbocycles. The quantitative estimate of drug-likeness (QED) is 0.224. The SMILES string of the molecule is C=C(c1ccccc1)C12CCCC1CC(CCCCCCCCCC=O)=C2c1ccccc1. The van der Waals surface area contributed by atoms with Crippen molar-refractivity contribution in [2.75, 3.05) is 0 Å². The summed E-state index contributed by atoms with van der Waals surface area (Å²) in [6.45, 7) is 4.75. The van der Waals surface area contributed by atoms with Crippen LogP contribution in [0.2, 0.25) is 0 Å². The van der Waals surface area contributed by atoms with Crippen LogP contribution in [0.1, 0.15) is 94.6 Å². The Bertz CT molecular complexity index is 939. The van der Waals surface area contributed by atoms with Crippen molar-refractivity contribution in [3.05, 3.63) is 83.9 Å². The molecule has 0 N–H and O–H groups in total. The Morgan fingerprint density at radius 3 is 2.21 bits per heavy atom. The molecular formula is C32H40O. The summed E-state index contributed by atoms with van der Waals surface area (Å²) in [6.07, 6.45) is 16.9. The Morgan fingerprint density at radius 2 is 1.52 bits per heavy atom. The van der Waals surface area contributed by atoms with E-state index in [9.17, 15) is 4.79 Å². The predicted octanol–water partition coefficient (Wildman–Crippen LogP) is 9.05. The van der Waals surface area contributed by atoms with E-state index >= 15 is 0 Å². The van der Waals surface area contributed by atoms with Gasteiger partial charge in [-0.05, 0) is 66.7 Å². The molecule has 0 spiro atoms. The Morgan fingerprint density at radius 1 is 0.879 bits per heavy atom. The van der Waals surface area contributed by atoms with Gasteiger partial charge in [0.05, 0.1) is 0 Å². The van der Waals surface area contributed by atoms with Gasteiger partial charge in [0.1, 0.15) is 6.29 Å². The van der Waals surface area contributed by atoms with Crippen LogP contribution in [0.25, 0.3) is 11.1 Å². The topological polar surface area (TPSA) is 17.1 Å². The summed E-state index contributed by atoms with van der Waals surface area (Å²) < 4.78 is 0. The van der Waals surface area contributed by atoms with Crippen LogP contribution in [-0.2, 0) is 4.79 Å². The third kappa shape index (κ3) is 5.24. The number of rotatable bonds is 13. The summed E-state index contributed by atoms with van der Waals surface area (Å²) in [6, 6.07) is 22.1. The number of carbonyl (C=O) groups is 1. The zero-order valence-electron chi connectivity index (χ0n) is 20.2. The van der Waals surface area contributed by atoms with Crippen molar-refractivity contribution in [2.24, 2.45) is 11.3 Å². The molecule has 2 unspecified atom stereocenters. The molecule has 1 nitrogen and oxygen atoms in total. The van der Waals surface area contributed by atoms with Crippen LogP contribution in [-0.4, -0.2) is 6.29 Å². The molecule has 1 heteroatoms. The summed E-state index contributed by atoms with van der Waals surface area (Å²) in [7, 11) is 0. The fourth-order valence-corrected chi connectivity index (χ4v) is 6.59. The minimum atomic E-state index is 0.108. The molecule has 0 aliphatic heterocycles. The largest absolute Gasteiger partial charge is 0.303 e. The van der Waals surface area contributed by atoms with Gasteiger partial charge < -0.3 is 4.79 Å². The van der Waals surface area contributed by atoms with Gasteiger partial charge in [0.15, 0.2) is 0 Å². The zero-order chi connectivity index (χ0) is 22.9. The lowest BCUT2D eigenvalue weighted by Crippen LogP contribution is -2.24. The van der Waals surface area contributed by atoms with Crippen LogP contribution in [0.15, 0.2) is 72.8 Å². The summed E-state index contributed by atoms with van der Waals surface area (Å²) in [4.78, 5) is 10.4. The fraction of sp³-hybridized carbons (Fsp3) is 0.469. The Kier molecular flexibility index (Phi) is 8.37. The van der Waals surface area contributed by atoms with E-state index < -0.39 is 0 Å². The van der Waals surface area contributed by atoms with E-state index in [-0.39, 0.29) is 5.41 Å². The lowest BCUT2D eigenvalue weighted by atomic mass is 9.66. The third-order valence-electron chi connectivity index (χ3n) is 8.14. The van der Waals surface area contributed by atoms with Gasteiger partial charge in [0.25, 0.3) is 0 Å². The molecule has 0 aromatic heterocycles. The van der Waals surface area contributed by atoms with Gasteiger partial charge in [-0.15, -0.1) is 0 Å². The lowest BCUT2D eigenvalue weighted by Gasteiger charge is -2.36. The molecule has 4 rings (SSSR count). The minimum absolute atomic E-state index is 0.108. The molecule has 0 saturated heterocycles. The number of hydrogen-bond donors (Lipinski definition) is 0. The predicted molar refractivity (Wildman–Crippen MR) is 141 cm³/mol. The molecule has 2 aliphatic carbocycles. The van der Waals surface area contributed by atoms with Crippen molar-refractivity contribution in [2.45, 2.75) is 83.5 Å². The van der Waals surface area contributed by atoms with Gasteiger partial charge in [-0.1, -0.05) is 111 Å². The van der Waals surface area contributed by atoms with E-state index in [2.05, 4.69) is 60.7 Å². The first-order chi connectivity index (χ1) is 16.3. The van der Waals surface area contributed by atoms with Crippen LogP contribution in [0.4, 0.5) is 0 Å². The molecule has 0 radical (unpaired) electrons. The van der Waals surface area contributed by atoms with E-state index in [0.29, 0.717) is 5.92 Å². The van der Waals surface area contributed by atoms with Gasteiger partial charge in [0, 0.05) is 11.8 Å². The average Bonchev–Trinajstić information content (AvgIpc) is 3.40. The van der Waals surface area contributed by atoms with Crippen LogP contribution in [0.5, 0.6) is 0 Å². The molecule has 0 bridgehead atoms. The molecule has 2 aliphatic rings. The summed E-state index contributed by atoms with van der Waals surface area (Å²) >= 11 is 0. The molecule has 2 atom stereocenters. The highest BCUT2D eigenvalue weighted by atomic mass is 16.1. The number of carbonyl (C=O) groups excluding carboxylic acids is 1. The monoisotopic (exact) mass is 440 g/mol. The van der Waals surface area contributed by atoms with Crippen LogP contribution in [0.3, 0.4) is 0 Å². The summed E-state index contributed by atoms with van der Waals surface area (Å²) in [5.74, 6) is 0.702. The van der Waals surface area contributed by atoms with Gasteiger partial charge >= 0.3 is 0 Å². The highest BCUT2D eigenvalue weighted by Crippen LogP contribution is 2.66. The van der Waals surface area contributed by atoms with E-state index in [4.69, 9.17) is 6.58 Å². The third-order valence-corrected chi connectivity index (χ3v) is 8.14. The van der Waals surface area contributed by atoms with Crippen molar-refractivity contribution in [3.63, 3.8) is 0 Å². The maximum Gasteiger partial charge on any atom is 0.119 e. The summed E-state index contributed by atoms with van der Waals surface area (Å²) in [5.41, 5.74) is 7.51. The molecule has 33 heavy (non-hydrogen) atoms. The molecule has 2 aromatic rings. The van der Waals surface area contributed by atoms with Gasteiger partial charge in [0.2, 0.25) is 0 Å². The van der Waals surface area contributed by atoms with E-state index in [1.807, 2.05) is 0 Å². The molecule has 1 fully saturated rings. The molecule has 174 valence electrons. The molecule has 2 aromatic carbocycles. The smallest absolute Gasteiger partial charge is 0.119 e. The normalized spacial score (nSPS) is 21.9. The number of hydrogen-bond acceptors (Lipinski definition) is 1. The van der Waals surface area contributed by atoms with Crippen molar-refractivity contribution in [1.82, 2.24) is 0 Å². The van der Waals surface area contributed by atoms with Gasteiger partial charge in [-0.25, -0.2) is 0 Å².